The number of aromatic nitrogens is 1. The Morgan fingerprint density at radius 1 is 1.28 bits per heavy atom. The van der Waals surface area contributed by atoms with E-state index in [0.717, 1.165) is 5.56 Å². The third-order valence-corrected chi connectivity index (χ3v) is 3.13. The minimum atomic E-state index is -1.05. The Hall–Kier alpha value is -1.58. The Kier molecular flexibility index (Phi) is 3.55. The van der Waals surface area contributed by atoms with Crippen molar-refractivity contribution >= 4 is 17.4 Å². The molecule has 0 amide bonds. The molecule has 2 aromatic rings. The molecule has 0 radical (unpaired) electrons. The number of benzene rings is 1. The molecule has 0 aliphatic rings. The van der Waals surface area contributed by atoms with Gasteiger partial charge in [-0.3, -0.25) is 0 Å². The predicted molar refractivity (Wildman–Crippen MR) is 73.4 cm³/mol. The number of hydrogen-bond donors (Lipinski definition) is 2. The molecule has 94 valence electrons. The van der Waals surface area contributed by atoms with E-state index in [-0.39, 0.29) is 0 Å². The molecule has 3 N–H and O–H groups in total. The van der Waals surface area contributed by atoms with E-state index < -0.39 is 5.60 Å². The van der Waals surface area contributed by atoms with Gasteiger partial charge in [-0.25, -0.2) is 4.98 Å². The number of nitrogen functional groups attached to an aromatic ring is 1. The number of hydrogen-bond acceptors (Lipinski definition) is 3. The summed E-state index contributed by atoms with van der Waals surface area (Å²) in [5.41, 5.74) is 6.37. The molecule has 0 aliphatic carbocycles. The molecular weight excluding hydrogens is 248 g/mol. The minimum absolute atomic E-state index is 0.358. The number of nitrogens with zero attached hydrogens (tertiary/aromatic N) is 1. The molecule has 1 aromatic heterocycles. The number of nitrogens with two attached hydrogens (primary N) is 1. The van der Waals surface area contributed by atoms with Gasteiger partial charge in [0.2, 0.25) is 0 Å². The standard InChI is InChI=1S/C14H15ClN2O/c1-14(18,12-3-2-8-17-13(12)16)9-10-4-6-11(15)7-5-10/h2-8,18H,9H2,1H3,(H2,16,17). The minimum Gasteiger partial charge on any atom is -0.385 e. The van der Waals surface area contributed by atoms with E-state index in [1.165, 1.54) is 0 Å². The highest BCUT2D eigenvalue weighted by atomic mass is 35.5. The van der Waals surface area contributed by atoms with Crippen LogP contribution in [-0.2, 0) is 12.0 Å². The lowest BCUT2D eigenvalue weighted by atomic mass is 9.89. The van der Waals surface area contributed by atoms with Crippen LogP contribution < -0.4 is 5.73 Å². The molecule has 0 spiro atoms. The van der Waals surface area contributed by atoms with E-state index in [1.807, 2.05) is 12.1 Å². The van der Waals surface area contributed by atoms with Gasteiger partial charge in [-0.15, -0.1) is 0 Å². The Morgan fingerprint density at radius 2 is 1.94 bits per heavy atom. The van der Waals surface area contributed by atoms with Gasteiger partial charge >= 0.3 is 0 Å². The molecule has 0 saturated heterocycles. The predicted octanol–water partition coefficient (Wildman–Crippen LogP) is 2.77. The van der Waals surface area contributed by atoms with Crippen molar-refractivity contribution in [3.8, 4) is 0 Å². The van der Waals surface area contributed by atoms with Crippen molar-refractivity contribution in [3.63, 3.8) is 0 Å². The lowest BCUT2D eigenvalue weighted by molar-refractivity contribution is 0.0581. The number of pyridine rings is 1. The van der Waals surface area contributed by atoms with Crippen LogP contribution in [0, 0.1) is 0 Å². The van der Waals surface area contributed by atoms with E-state index in [0.29, 0.717) is 22.8 Å². The fourth-order valence-electron chi connectivity index (χ4n) is 1.97. The van der Waals surface area contributed by atoms with Crippen molar-refractivity contribution in [2.45, 2.75) is 18.9 Å². The van der Waals surface area contributed by atoms with Crippen LogP contribution in [0.2, 0.25) is 5.02 Å². The van der Waals surface area contributed by atoms with E-state index in [4.69, 9.17) is 17.3 Å². The lowest BCUT2D eigenvalue weighted by Gasteiger charge is -2.24. The summed E-state index contributed by atoms with van der Waals surface area (Å²) in [4.78, 5) is 4.00. The summed E-state index contributed by atoms with van der Waals surface area (Å²) in [5.74, 6) is 0.358. The third kappa shape index (κ3) is 2.81. The van der Waals surface area contributed by atoms with Crippen molar-refractivity contribution in [1.29, 1.82) is 0 Å². The van der Waals surface area contributed by atoms with Crippen LogP contribution in [0.25, 0.3) is 0 Å². The monoisotopic (exact) mass is 262 g/mol. The first kappa shape index (κ1) is 12.9. The average molecular weight is 263 g/mol. The molecule has 18 heavy (non-hydrogen) atoms. The molecule has 2 rings (SSSR count). The zero-order valence-electron chi connectivity index (χ0n) is 10.1. The quantitative estimate of drug-likeness (QED) is 0.894. The van der Waals surface area contributed by atoms with E-state index in [1.54, 1.807) is 37.4 Å². The SMILES string of the molecule is CC(O)(Cc1ccc(Cl)cc1)c1cccnc1N. The molecule has 3 nitrogen and oxygen atoms in total. The van der Waals surface area contributed by atoms with Crippen molar-refractivity contribution in [1.82, 2.24) is 4.98 Å². The summed E-state index contributed by atoms with van der Waals surface area (Å²) in [6, 6.07) is 11.0. The molecule has 0 saturated carbocycles. The smallest absolute Gasteiger partial charge is 0.129 e. The van der Waals surface area contributed by atoms with Crippen LogP contribution in [0.3, 0.4) is 0 Å². The van der Waals surface area contributed by atoms with Gasteiger partial charge in [0.25, 0.3) is 0 Å². The molecule has 1 aromatic carbocycles. The molecular formula is C14H15ClN2O. The Bertz CT molecular complexity index is 538. The molecule has 0 bridgehead atoms. The lowest BCUT2D eigenvalue weighted by Crippen LogP contribution is -2.26. The van der Waals surface area contributed by atoms with Crippen LogP contribution >= 0.6 is 11.6 Å². The summed E-state index contributed by atoms with van der Waals surface area (Å²) in [7, 11) is 0. The van der Waals surface area contributed by atoms with Gasteiger partial charge in [0.15, 0.2) is 0 Å². The summed E-state index contributed by atoms with van der Waals surface area (Å²) in [6.07, 6.45) is 2.07. The van der Waals surface area contributed by atoms with Gasteiger partial charge < -0.3 is 10.8 Å². The second kappa shape index (κ2) is 4.96. The second-order valence-electron chi connectivity index (χ2n) is 4.51. The zero-order chi connectivity index (χ0) is 13.2. The van der Waals surface area contributed by atoms with Gasteiger partial charge in [-0.05, 0) is 30.7 Å². The topological polar surface area (TPSA) is 59.1 Å². The summed E-state index contributed by atoms with van der Waals surface area (Å²) < 4.78 is 0. The van der Waals surface area contributed by atoms with Crippen molar-refractivity contribution in [3.05, 3.63) is 58.7 Å². The molecule has 1 atom stereocenters. The Labute approximate surface area is 111 Å². The maximum absolute atomic E-state index is 10.5. The van der Waals surface area contributed by atoms with Crippen LogP contribution in [0.4, 0.5) is 5.82 Å². The fourth-order valence-corrected chi connectivity index (χ4v) is 2.09. The van der Waals surface area contributed by atoms with Crippen molar-refractivity contribution in [2.75, 3.05) is 5.73 Å². The molecule has 0 fully saturated rings. The second-order valence-corrected chi connectivity index (χ2v) is 4.95. The number of anilines is 1. The normalized spacial score (nSPS) is 14.2. The maximum atomic E-state index is 10.5. The van der Waals surface area contributed by atoms with Gasteiger partial charge in [0, 0.05) is 23.2 Å². The van der Waals surface area contributed by atoms with Gasteiger partial charge in [-0.2, -0.15) is 0 Å². The highest BCUT2D eigenvalue weighted by Gasteiger charge is 2.26. The summed E-state index contributed by atoms with van der Waals surface area (Å²) in [6.45, 7) is 1.73. The molecule has 1 unspecified atom stereocenters. The highest BCUT2D eigenvalue weighted by Crippen LogP contribution is 2.28. The largest absolute Gasteiger partial charge is 0.385 e. The Morgan fingerprint density at radius 3 is 2.56 bits per heavy atom. The first-order chi connectivity index (χ1) is 8.49. The summed E-state index contributed by atoms with van der Waals surface area (Å²) >= 11 is 5.83. The molecule has 0 aliphatic heterocycles. The first-order valence-corrected chi connectivity index (χ1v) is 6.04. The maximum Gasteiger partial charge on any atom is 0.129 e. The van der Waals surface area contributed by atoms with Crippen molar-refractivity contribution in [2.24, 2.45) is 0 Å². The Balaban J connectivity index is 2.27. The number of halogens is 1. The van der Waals surface area contributed by atoms with E-state index in [9.17, 15) is 5.11 Å². The fraction of sp³-hybridized carbons (Fsp3) is 0.214. The van der Waals surface area contributed by atoms with Crippen LogP contribution in [-0.4, -0.2) is 10.1 Å². The number of rotatable bonds is 3. The molecule has 4 heteroatoms. The first-order valence-electron chi connectivity index (χ1n) is 5.67. The average Bonchev–Trinajstić information content (AvgIpc) is 2.32. The summed E-state index contributed by atoms with van der Waals surface area (Å²) in [5, 5.41) is 11.2. The van der Waals surface area contributed by atoms with Crippen LogP contribution in [0.1, 0.15) is 18.1 Å². The van der Waals surface area contributed by atoms with E-state index in [2.05, 4.69) is 4.98 Å². The molecule has 1 heterocycles. The highest BCUT2D eigenvalue weighted by molar-refractivity contribution is 6.30. The van der Waals surface area contributed by atoms with E-state index >= 15 is 0 Å². The van der Waals surface area contributed by atoms with Gasteiger partial charge in [0.1, 0.15) is 5.82 Å². The van der Waals surface area contributed by atoms with Gasteiger partial charge in [-0.1, -0.05) is 29.8 Å². The third-order valence-electron chi connectivity index (χ3n) is 2.88. The zero-order valence-corrected chi connectivity index (χ0v) is 10.9. The van der Waals surface area contributed by atoms with Gasteiger partial charge in [0.05, 0.1) is 5.60 Å². The number of aliphatic hydroxyl groups is 1. The van der Waals surface area contributed by atoms with Crippen molar-refractivity contribution < 1.29 is 5.11 Å². The van der Waals surface area contributed by atoms with Crippen LogP contribution in [0.5, 0.6) is 0 Å². The van der Waals surface area contributed by atoms with Crippen LogP contribution in [0.15, 0.2) is 42.6 Å².